The van der Waals surface area contributed by atoms with Gasteiger partial charge in [0.2, 0.25) is 5.13 Å². The minimum absolute atomic E-state index is 0.172. The normalized spacial score (nSPS) is 11.8. The summed E-state index contributed by atoms with van der Waals surface area (Å²) in [6, 6.07) is 3.79. The van der Waals surface area contributed by atoms with Gasteiger partial charge in [0, 0.05) is 5.38 Å². The first-order valence-corrected chi connectivity index (χ1v) is 6.64. The Morgan fingerprint density at radius 3 is 2.76 bits per heavy atom. The van der Waals surface area contributed by atoms with Crippen LogP contribution in [0.1, 0.15) is 5.56 Å². The number of thiazole rings is 1. The average molecular weight is 337 g/mol. The second-order valence-corrected chi connectivity index (χ2v) is 4.95. The average Bonchev–Trinajstić information content (AvgIpc) is 2.77. The molecule has 0 aliphatic heterocycles. The van der Waals surface area contributed by atoms with E-state index in [0.29, 0.717) is 16.5 Å². The van der Waals surface area contributed by atoms with Crippen LogP contribution >= 0.6 is 22.9 Å². The number of hydrogen-bond acceptors (Lipinski definition) is 6. The monoisotopic (exact) mass is 336 g/mol. The molecule has 0 aliphatic rings. The molecule has 0 radical (unpaired) electrons. The summed E-state index contributed by atoms with van der Waals surface area (Å²) < 4.78 is 40.0. The van der Waals surface area contributed by atoms with Crippen molar-refractivity contribution in [2.45, 2.75) is 6.36 Å². The van der Waals surface area contributed by atoms with Crippen LogP contribution in [-0.4, -0.2) is 17.6 Å². The third-order valence-corrected chi connectivity index (χ3v) is 3.14. The number of benzene rings is 1. The van der Waals surface area contributed by atoms with Crippen LogP contribution in [0.25, 0.3) is 0 Å². The molecule has 1 aromatic carbocycles. The third kappa shape index (κ3) is 4.80. The van der Waals surface area contributed by atoms with Gasteiger partial charge in [-0.1, -0.05) is 11.6 Å². The Kier molecular flexibility index (Phi) is 4.53. The molecule has 0 unspecified atom stereocenters. The van der Waals surface area contributed by atoms with Gasteiger partial charge in [0.25, 0.3) is 0 Å². The van der Waals surface area contributed by atoms with E-state index in [0.717, 1.165) is 6.07 Å². The molecular weight excluding hydrogens is 329 g/mol. The van der Waals surface area contributed by atoms with Crippen molar-refractivity contribution in [3.8, 4) is 5.75 Å². The summed E-state index contributed by atoms with van der Waals surface area (Å²) in [7, 11) is 0. The number of nitrogens with zero attached hydrogens (tertiary/aromatic N) is 2. The zero-order valence-electron chi connectivity index (χ0n) is 10.2. The molecule has 1 heterocycles. The lowest BCUT2D eigenvalue weighted by Gasteiger charge is -2.10. The Bertz CT molecular complexity index is 659. The predicted molar refractivity (Wildman–Crippen MR) is 75.9 cm³/mol. The molecule has 3 N–H and O–H groups in total. The highest BCUT2D eigenvalue weighted by Crippen LogP contribution is 2.30. The number of rotatable bonds is 4. The maximum atomic E-state index is 12.1. The first kappa shape index (κ1) is 15.4. The Labute approximate surface area is 126 Å². The van der Waals surface area contributed by atoms with Crippen LogP contribution < -0.4 is 15.9 Å². The highest BCUT2D eigenvalue weighted by atomic mass is 35.5. The van der Waals surface area contributed by atoms with Crippen LogP contribution in [0.2, 0.25) is 5.02 Å². The fourth-order valence-electron chi connectivity index (χ4n) is 1.30. The first-order valence-electron chi connectivity index (χ1n) is 5.39. The van der Waals surface area contributed by atoms with E-state index in [-0.39, 0.29) is 5.02 Å². The van der Waals surface area contributed by atoms with Crippen LogP contribution in [0.5, 0.6) is 5.75 Å². The van der Waals surface area contributed by atoms with Crippen LogP contribution in [0, 0.1) is 0 Å². The van der Waals surface area contributed by atoms with Crippen LogP contribution in [0.4, 0.5) is 24.1 Å². The molecule has 0 amide bonds. The predicted octanol–water partition coefficient (Wildman–Crippen LogP) is 3.72. The topological polar surface area (TPSA) is 72.5 Å². The lowest BCUT2D eigenvalue weighted by molar-refractivity contribution is -0.274. The number of nitrogens with two attached hydrogens (primary N) is 1. The van der Waals surface area contributed by atoms with E-state index in [1.54, 1.807) is 5.38 Å². The summed E-state index contributed by atoms with van der Waals surface area (Å²) in [6.45, 7) is 0. The molecule has 0 atom stereocenters. The Balaban J connectivity index is 2.03. The smallest absolute Gasteiger partial charge is 0.404 e. The second-order valence-electron chi connectivity index (χ2n) is 3.69. The van der Waals surface area contributed by atoms with Gasteiger partial charge in [-0.25, -0.2) is 4.98 Å². The van der Waals surface area contributed by atoms with E-state index >= 15 is 0 Å². The molecule has 0 spiro atoms. The Hall–Kier alpha value is -2.00. The number of hydrogen-bond donors (Lipinski definition) is 2. The fraction of sp³-hybridized carbons (Fsp3) is 0.0909. The number of halogens is 4. The summed E-state index contributed by atoms with van der Waals surface area (Å²) in [4.78, 5) is 3.91. The fourth-order valence-corrected chi connectivity index (χ4v) is 2.08. The molecule has 0 saturated carbocycles. The molecule has 0 saturated heterocycles. The first-order chi connectivity index (χ1) is 9.83. The van der Waals surface area contributed by atoms with Crippen LogP contribution in [0.3, 0.4) is 0 Å². The number of alkyl halides is 3. The summed E-state index contributed by atoms with van der Waals surface area (Å²) in [6.07, 6.45) is -3.41. The second kappa shape index (κ2) is 6.19. The SMILES string of the molecule is Nc1csc(NN=Cc2ccc(OC(F)(F)F)c(Cl)c2)n1. The lowest BCUT2D eigenvalue weighted by Crippen LogP contribution is -2.17. The van der Waals surface area contributed by atoms with E-state index < -0.39 is 12.1 Å². The Morgan fingerprint density at radius 2 is 2.19 bits per heavy atom. The molecule has 5 nitrogen and oxygen atoms in total. The number of hydrazone groups is 1. The Morgan fingerprint density at radius 1 is 1.43 bits per heavy atom. The molecule has 10 heteroatoms. The minimum atomic E-state index is -4.79. The van der Waals surface area contributed by atoms with Gasteiger partial charge in [0.15, 0.2) is 0 Å². The van der Waals surface area contributed by atoms with Crippen molar-refractivity contribution >= 4 is 40.1 Å². The van der Waals surface area contributed by atoms with Gasteiger partial charge in [-0.05, 0) is 23.8 Å². The van der Waals surface area contributed by atoms with Gasteiger partial charge in [-0.2, -0.15) is 5.10 Å². The van der Waals surface area contributed by atoms with Crippen molar-refractivity contribution in [1.29, 1.82) is 0 Å². The van der Waals surface area contributed by atoms with E-state index in [9.17, 15) is 13.2 Å². The van der Waals surface area contributed by atoms with E-state index in [4.69, 9.17) is 17.3 Å². The van der Waals surface area contributed by atoms with Crippen LogP contribution in [0.15, 0.2) is 28.7 Å². The molecule has 21 heavy (non-hydrogen) atoms. The molecule has 0 aliphatic carbocycles. The van der Waals surface area contributed by atoms with Gasteiger partial charge in [-0.15, -0.1) is 24.5 Å². The molecule has 0 fully saturated rings. The zero-order chi connectivity index (χ0) is 15.5. The summed E-state index contributed by atoms with van der Waals surface area (Å²) in [5, 5.41) is 5.82. The van der Waals surface area contributed by atoms with Crippen molar-refractivity contribution in [1.82, 2.24) is 4.98 Å². The minimum Gasteiger partial charge on any atom is -0.404 e. The van der Waals surface area contributed by atoms with E-state index in [1.807, 2.05) is 0 Å². The molecule has 2 aromatic rings. The van der Waals surface area contributed by atoms with E-state index in [1.165, 1.54) is 29.7 Å². The standard InChI is InChI=1S/C11H8ClF3N4OS/c12-7-3-6(1-2-8(7)20-11(13,14)15)4-17-19-10-18-9(16)5-21-10/h1-5H,16H2,(H,18,19). The summed E-state index contributed by atoms with van der Waals surface area (Å²) in [5.41, 5.74) is 8.55. The summed E-state index contributed by atoms with van der Waals surface area (Å²) >= 11 is 6.97. The molecule has 2 rings (SSSR count). The maximum absolute atomic E-state index is 12.1. The van der Waals surface area contributed by atoms with Crippen molar-refractivity contribution in [3.05, 3.63) is 34.2 Å². The van der Waals surface area contributed by atoms with Crippen molar-refractivity contribution in [2.24, 2.45) is 5.10 Å². The number of anilines is 2. The lowest BCUT2D eigenvalue weighted by atomic mass is 10.2. The quantitative estimate of drug-likeness (QED) is 0.659. The third-order valence-electron chi connectivity index (χ3n) is 2.08. The number of nitrogens with one attached hydrogen (secondary N) is 1. The molecule has 112 valence electrons. The number of aromatic nitrogens is 1. The van der Waals surface area contributed by atoms with Crippen molar-refractivity contribution < 1.29 is 17.9 Å². The largest absolute Gasteiger partial charge is 0.573 e. The number of nitrogen functional groups attached to an aromatic ring is 1. The highest BCUT2D eigenvalue weighted by Gasteiger charge is 2.31. The highest BCUT2D eigenvalue weighted by molar-refractivity contribution is 7.14. The number of ether oxygens (including phenoxy) is 1. The summed E-state index contributed by atoms with van der Waals surface area (Å²) in [5.74, 6) is -0.101. The van der Waals surface area contributed by atoms with Gasteiger partial charge in [-0.3, -0.25) is 5.43 Å². The molecule has 1 aromatic heterocycles. The van der Waals surface area contributed by atoms with Crippen LogP contribution in [-0.2, 0) is 0 Å². The van der Waals surface area contributed by atoms with Crippen molar-refractivity contribution in [3.63, 3.8) is 0 Å². The van der Waals surface area contributed by atoms with Gasteiger partial charge in [0.1, 0.15) is 11.6 Å². The molecule has 0 bridgehead atoms. The maximum Gasteiger partial charge on any atom is 0.573 e. The van der Waals surface area contributed by atoms with Gasteiger partial charge in [0.05, 0.1) is 11.2 Å². The van der Waals surface area contributed by atoms with Crippen molar-refractivity contribution in [2.75, 3.05) is 11.2 Å². The van der Waals surface area contributed by atoms with E-state index in [2.05, 4.69) is 20.2 Å². The zero-order valence-corrected chi connectivity index (χ0v) is 11.8. The van der Waals surface area contributed by atoms with Gasteiger partial charge >= 0.3 is 6.36 Å². The van der Waals surface area contributed by atoms with Gasteiger partial charge < -0.3 is 10.5 Å². The molecular formula is C11H8ClF3N4OS.